The van der Waals surface area contributed by atoms with E-state index in [1.165, 1.54) is 59.8 Å². The number of nitrogens with zero attached hydrogens (tertiary/aromatic N) is 2. The second-order valence-corrected chi connectivity index (χ2v) is 12.5. The van der Waals surface area contributed by atoms with Crippen molar-refractivity contribution in [2.45, 2.75) is 0 Å². The molecule has 0 N–H and O–H groups in total. The van der Waals surface area contributed by atoms with E-state index >= 15 is 0 Å². The summed E-state index contributed by atoms with van der Waals surface area (Å²) in [6, 6.07) is 59.3. The van der Waals surface area contributed by atoms with E-state index in [0.29, 0.717) is 5.56 Å². The smallest absolute Gasteiger partial charge is 0.0991 e. The predicted molar refractivity (Wildman–Crippen MR) is 198 cm³/mol. The molecule has 0 unspecified atom stereocenters. The van der Waals surface area contributed by atoms with Gasteiger partial charge in [-0.15, -0.1) is 0 Å². The van der Waals surface area contributed by atoms with Crippen molar-refractivity contribution in [3.8, 4) is 34.0 Å². The van der Waals surface area contributed by atoms with Crippen LogP contribution in [0.15, 0.2) is 158 Å². The number of nitriles is 1. The highest BCUT2D eigenvalue weighted by atomic mass is 15.0. The van der Waals surface area contributed by atoms with Gasteiger partial charge in [0, 0.05) is 16.5 Å². The molecule has 2 heteroatoms. The minimum Gasteiger partial charge on any atom is -0.309 e. The Hall–Kier alpha value is -6.43. The Morgan fingerprint density at radius 3 is 1.51 bits per heavy atom. The molecule has 0 saturated carbocycles. The van der Waals surface area contributed by atoms with Crippen LogP contribution in [0.4, 0.5) is 0 Å². The third-order valence-corrected chi connectivity index (χ3v) is 9.86. The normalized spacial score (nSPS) is 11.8. The lowest BCUT2D eigenvalue weighted by atomic mass is 9.89. The minimum atomic E-state index is 0.668. The Morgan fingerprint density at radius 2 is 0.872 bits per heavy atom. The molecule has 10 aromatic rings. The summed E-state index contributed by atoms with van der Waals surface area (Å²) in [5, 5.41) is 22.1. The number of hydrogen-bond acceptors (Lipinski definition) is 1. The number of aromatic nitrogens is 1. The number of hydrogen-bond donors (Lipinski definition) is 0. The lowest BCUT2D eigenvalue weighted by Gasteiger charge is -2.15. The van der Waals surface area contributed by atoms with Crippen LogP contribution in [0, 0.1) is 11.3 Å². The summed E-state index contributed by atoms with van der Waals surface area (Å²) in [7, 11) is 0. The summed E-state index contributed by atoms with van der Waals surface area (Å²) in [6.45, 7) is 0. The molecular weight excluding hydrogens is 569 g/mol. The van der Waals surface area contributed by atoms with Gasteiger partial charge < -0.3 is 4.57 Å². The predicted octanol–water partition coefficient (Wildman–Crippen LogP) is 12.0. The molecular formula is C45H26N2. The molecule has 0 aliphatic rings. The lowest BCUT2D eigenvalue weighted by Crippen LogP contribution is -1.93. The monoisotopic (exact) mass is 594 g/mol. The van der Waals surface area contributed by atoms with Crippen molar-refractivity contribution in [1.29, 1.82) is 5.26 Å². The van der Waals surface area contributed by atoms with E-state index in [1.807, 2.05) is 18.2 Å². The summed E-state index contributed by atoms with van der Waals surface area (Å²) in [6.07, 6.45) is 0. The van der Waals surface area contributed by atoms with Gasteiger partial charge in [0.15, 0.2) is 0 Å². The van der Waals surface area contributed by atoms with Crippen molar-refractivity contribution in [3.05, 3.63) is 163 Å². The van der Waals surface area contributed by atoms with Crippen LogP contribution in [0.25, 0.3) is 92.8 Å². The average molecular weight is 595 g/mol. The highest BCUT2D eigenvalue weighted by molar-refractivity contribution is 6.24. The molecule has 0 fully saturated rings. The molecule has 0 saturated heterocycles. The van der Waals surface area contributed by atoms with Gasteiger partial charge in [-0.3, -0.25) is 0 Å². The largest absolute Gasteiger partial charge is 0.309 e. The molecule has 10 rings (SSSR count). The Kier molecular flexibility index (Phi) is 5.38. The SMILES string of the molecule is N#Cc1ccc2c(c1)c1cc(-c3cc4ccc5cc(-c6ccc7ccccc7c6)cc6ccc(c3)c4c56)ccc1n2-c1ccccc1. The average Bonchev–Trinajstić information content (AvgIpc) is 3.46. The summed E-state index contributed by atoms with van der Waals surface area (Å²) in [5.74, 6) is 0. The second-order valence-electron chi connectivity index (χ2n) is 12.5. The molecule has 0 atom stereocenters. The zero-order valence-corrected chi connectivity index (χ0v) is 25.4. The van der Waals surface area contributed by atoms with E-state index in [-0.39, 0.29) is 0 Å². The second kappa shape index (κ2) is 9.78. The number of rotatable bonds is 3. The van der Waals surface area contributed by atoms with Crippen LogP contribution in [0.1, 0.15) is 5.56 Å². The fraction of sp³-hybridized carbons (Fsp3) is 0. The van der Waals surface area contributed by atoms with Gasteiger partial charge in [0.1, 0.15) is 0 Å². The molecule has 0 bridgehead atoms. The Morgan fingerprint density at radius 1 is 0.383 bits per heavy atom. The Bertz CT molecular complexity index is 2840. The zero-order chi connectivity index (χ0) is 31.1. The van der Waals surface area contributed by atoms with Gasteiger partial charge in [0.05, 0.1) is 22.7 Å². The maximum absolute atomic E-state index is 9.71. The van der Waals surface area contributed by atoms with Crippen molar-refractivity contribution in [1.82, 2.24) is 4.57 Å². The lowest BCUT2D eigenvalue weighted by molar-refractivity contribution is 1.18. The van der Waals surface area contributed by atoms with Crippen LogP contribution in [-0.2, 0) is 0 Å². The third-order valence-electron chi connectivity index (χ3n) is 9.86. The maximum atomic E-state index is 9.71. The van der Waals surface area contributed by atoms with Crippen LogP contribution in [-0.4, -0.2) is 4.57 Å². The van der Waals surface area contributed by atoms with E-state index in [1.54, 1.807) is 0 Å². The fourth-order valence-electron chi connectivity index (χ4n) is 7.67. The molecule has 0 aliphatic carbocycles. The van der Waals surface area contributed by atoms with Gasteiger partial charge in [-0.2, -0.15) is 5.26 Å². The number of benzene rings is 9. The van der Waals surface area contributed by atoms with E-state index in [4.69, 9.17) is 0 Å². The molecule has 1 heterocycles. The maximum Gasteiger partial charge on any atom is 0.0991 e. The first-order chi connectivity index (χ1) is 23.2. The number of fused-ring (bicyclic) bond motifs is 4. The van der Waals surface area contributed by atoms with E-state index in [9.17, 15) is 5.26 Å². The van der Waals surface area contributed by atoms with Crippen molar-refractivity contribution >= 4 is 64.9 Å². The van der Waals surface area contributed by atoms with Crippen LogP contribution in [0.3, 0.4) is 0 Å². The van der Waals surface area contributed by atoms with Crippen molar-refractivity contribution in [3.63, 3.8) is 0 Å². The van der Waals surface area contributed by atoms with Gasteiger partial charge in [0.25, 0.3) is 0 Å². The molecule has 9 aromatic carbocycles. The van der Waals surface area contributed by atoms with Gasteiger partial charge in [-0.1, -0.05) is 84.9 Å². The highest BCUT2D eigenvalue weighted by Gasteiger charge is 2.16. The van der Waals surface area contributed by atoms with Crippen LogP contribution >= 0.6 is 0 Å². The summed E-state index contributed by atoms with van der Waals surface area (Å²) < 4.78 is 2.29. The summed E-state index contributed by atoms with van der Waals surface area (Å²) >= 11 is 0. The van der Waals surface area contributed by atoms with Gasteiger partial charge >= 0.3 is 0 Å². The molecule has 0 spiro atoms. The van der Waals surface area contributed by atoms with Gasteiger partial charge in [-0.25, -0.2) is 0 Å². The molecule has 216 valence electrons. The molecule has 0 aliphatic heterocycles. The van der Waals surface area contributed by atoms with Crippen molar-refractivity contribution in [2.24, 2.45) is 0 Å². The molecule has 2 nitrogen and oxygen atoms in total. The highest BCUT2D eigenvalue weighted by Crippen LogP contribution is 2.41. The number of para-hydroxylation sites is 1. The standard InChI is InChI=1S/C45H26N2/c46-27-28-10-18-42-40(20-28)41-26-32(17-19-43(41)47(42)39-8-2-1-3-9-39)38-24-35-15-13-33-22-37(23-34-14-16-36(25-38)45(35)44(33)34)31-12-11-29-6-4-5-7-30(29)21-31/h1-26H. The molecule has 0 amide bonds. The first-order valence-electron chi connectivity index (χ1n) is 16.0. The van der Waals surface area contributed by atoms with Gasteiger partial charge in [0.2, 0.25) is 0 Å². The van der Waals surface area contributed by atoms with Crippen molar-refractivity contribution < 1.29 is 0 Å². The third kappa shape index (κ3) is 3.91. The molecule has 0 radical (unpaired) electrons. The van der Waals surface area contributed by atoms with Crippen molar-refractivity contribution in [2.75, 3.05) is 0 Å². The fourth-order valence-corrected chi connectivity index (χ4v) is 7.67. The van der Waals surface area contributed by atoms with Gasteiger partial charge in [-0.05, 0) is 138 Å². The topological polar surface area (TPSA) is 28.7 Å². The van der Waals surface area contributed by atoms with Crippen LogP contribution in [0.2, 0.25) is 0 Å². The Labute approximate surface area is 271 Å². The first-order valence-corrected chi connectivity index (χ1v) is 16.0. The summed E-state index contributed by atoms with van der Waals surface area (Å²) in [4.78, 5) is 0. The zero-order valence-electron chi connectivity index (χ0n) is 25.4. The Balaban J connectivity index is 1.14. The molecule has 47 heavy (non-hydrogen) atoms. The van der Waals surface area contributed by atoms with E-state index in [0.717, 1.165) is 33.1 Å². The van der Waals surface area contributed by atoms with E-state index < -0.39 is 0 Å². The first kappa shape index (κ1) is 25.9. The van der Waals surface area contributed by atoms with Crippen LogP contribution in [0.5, 0.6) is 0 Å². The quantitative estimate of drug-likeness (QED) is 0.187. The molecule has 1 aromatic heterocycles. The van der Waals surface area contributed by atoms with Crippen LogP contribution < -0.4 is 0 Å². The summed E-state index contributed by atoms with van der Waals surface area (Å²) in [5.41, 5.74) is 8.83. The minimum absolute atomic E-state index is 0.668. The van der Waals surface area contributed by atoms with E-state index in [2.05, 4.69) is 150 Å².